The molecule has 1 atom stereocenters. The first-order chi connectivity index (χ1) is 6.77. The maximum Gasteiger partial charge on any atom is 0.287 e. The maximum absolute atomic E-state index is 11.5. The smallest absolute Gasteiger partial charge is 0.287 e. The number of carbonyl (C=O) groups excluding carboxylic acids is 1. The Kier molecular flexibility index (Phi) is 4.19. The number of nitrogens with two attached hydrogens (primary N) is 1. The zero-order valence-corrected chi connectivity index (χ0v) is 8.32. The Morgan fingerprint density at radius 1 is 1.71 bits per heavy atom. The van der Waals surface area contributed by atoms with Crippen molar-refractivity contribution in [3.63, 3.8) is 0 Å². The lowest BCUT2D eigenvalue weighted by atomic mass is 10.1. The van der Waals surface area contributed by atoms with Crippen molar-refractivity contribution in [3.05, 3.63) is 24.2 Å². The van der Waals surface area contributed by atoms with Gasteiger partial charge in [0.05, 0.1) is 6.26 Å². The Morgan fingerprint density at radius 3 is 3.00 bits per heavy atom. The minimum Gasteiger partial charge on any atom is -0.459 e. The second-order valence-corrected chi connectivity index (χ2v) is 3.13. The number of hydrogen-bond acceptors (Lipinski definition) is 3. The van der Waals surface area contributed by atoms with Crippen LogP contribution in [0.25, 0.3) is 0 Å². The molecule has 3 N–H and O–H groups in total. The van der Waals surface area contributed by atoms with Gasteiger partial charge in [0, 0.05) is 6.04 Å². The lowest BCUT2D eigenvalue weighted by Crippen LogP contribution is -2.35. The zero-order valence-electron chi connectivity index (χ0n) is 8.32. The molecule has 14 heavy (non-hydrogen) atoms. The van der Waals surface area contributed by atoms with Crippen molar-refractivity contribution in [2.45, 2.75) is 25.8 Å². The summed E-state index contributed by atoms with van der Waals surface area (Å²) >= 11 is 0. The minimum atomic E-state index is -0.171. The van der Waals surface area contributed by atoms with Crippen molar-refractivity contribution in [2.75, 3.05) is 6.54 Å². The highest BCUT2D eigenvalue weighted by Crippen LogP contribution is 2.02. The molecule has 0 spiro atoms. The van der Waals surface area contributed by atoms with Crippen LogP contribution in [-0.4, -0.2) is 18.5 Å². The summed E-state index contributed by atoms with van der Waals surface area (Å²) in [6.07, 6.45) is 3.16. The molecule has 4 heteroatoms. The molecule has 0 aromatic carbocycles. The number of nitrogens with one attached hydrogen (secondary N) is 1. The molecule has 0 aliphatic rings. The van der Waals surface area contributed by atoms with Crippen LogP contribution in [0.4, 0.5) is 0 Å². The second-order valence-electron chi connectivity index (χ2n) is 3.13. The standard InChI is InChI=1S/C10H16N2O2/c1-2-8(5-6-11)12-10(13)9-4-3-7-14-9/h3-4,7-8H,2,5-6,11H2,1H3,(H,12,13). The van der Waals surface area contributed by atoms with E-state index in [4.69, 9.17) is 10.2 Å². The van der Waals surface area contributed by atoms with E-state index in [1.54, 1.807) is 12.1 Å². The van der Waals surface area contributed by atoms with E-state index in [9.17, 15) is 4.79 Å². The Balaban J connectivity index is 2.47. The normalized spacial score (nSPS) is 12.4. The summed E-state index contributed by atoms with van der Waals surface area (Å²) in [5.74, 6) is 0.177. The van der Waals surface area contributed by atoms with Gasteiger partial charge in [-0.1, -0.05) is 6.92 Å². The number of furan rings is 1. The zero-order chi connectivity index (χ0) is 10.4. The average molecular weight is 196 g/mol. The molecule has 4 nitrogen and oxygen atoms in total. The maximum atomic E-state index is 11.5. The van der Waals surface area contributed by atoms with E-state index in [1.165, 1.54) is 6.26 Å². The summed E-state index contributed by atoms with van der Waals surface area (Å²) in [5, 5.41) is 2.86. The van der Waals surface area contributed by atoms with E-state index in [0.29, 0.717) is 12.3 Å². The van der Waals surface area contributed by atoms with Crippen LogP contribution >= 0.6 is 0 Å². The summed E-state index contributed by atoms with van der Waals surface area (Å²) in [5.41, 5.74) is 5.42. The van der Waals surface area contributed by atoms with Gasteiger partial charge in [-0.2, -0.15) is 0 Å². The Hall–Kier alpha value is -1.29. The summed E-state index contributed by atoms with van der Waals surface area (Å²) in [4.78, 5) is 11.5. The summed E-state index contributed by atoms with van der Waals surface area (Å²) in [6.45, 7) is 2.60. The van der Waals surface area contributed by atoms with E-state index in [1.807, 2.05) is 6.92 Å². The van der Waals surface area contributed by atoms with Crippen LogP contribution in [0.3, 0.4) is 0 Å². The minimum absolute atomic E-state index is 0.137. The van der Waals surface area contributed by atoms with Gasteiger partial charge in [-0.25, -0.2) is 0 Å². The van der Waals surface area contributed by atoms with E-state index in [2.05, 4.69) is 5.32 Å². The summed E-state index contributed by atoms with van der Waals surface area (Å²) < 4.78 is 4.98. The molecule has 1 aromatic rings. The first kappa shape index (κ1) is 10.8. The van der Waals surface area contributed by atoms with Gasteiger partial charge in [-0.3, -0.25) is 4.79 Å². The number of rotatable bonds is 5. The summed E-state index contributed by atoms with van der Waals surface area (Å²) in [6, 6.07) is 3.47. The van der Waals surface area contributed by atoms with Crippen molar-refractivity contribution in [3.8, 4) is 0 Å². The molecule has 0 aliphatic carbocycles. The Bertz CT molecular complexity index is 270. The van der Waals surface area contributed by atoms with Crippen LogP contribution < -0.4 is 11.1 Å². The van der Waals surface area contributed by atoms with E-state index >= 15 is 0 Å². The van der Waals surface area contributed by atoms with Gasteiger partial charge >= 0.3 is 0 Å². The van der Waals surface area contributed by atoms with Crippen LogP contribution in [0.2, 0.25) is 0 Å². The van der Waals surface area contributed by atoms with Crippen LogP contribution in [-0.2, 0) is 0 Å². The SMILES string of the molecule is CCC(CCN)NC(=O)c1ccco1. The lowest BCUT2D eigenvalue weighted by Gasteiger charge is -2.14. The second kappa shape index (κ2) is 5.44. The molecule has 1 aromatic heterocycles. The fraction of sp³-hybridized carbons (Fsp3) is 0.500. The van der Waals surface area contributed by atoms with E-state index < -0.39 is 0 Å². The van der Waals surface area contributed by atoms with Gasteiger partial charge in [0.1, 0.15) is 0 Å². The van der Waals surface area contributed by atoms with E-state index in [0.717, 1.165) is 12.8 Å². The largest absolute Gasteiger partial charge is 0.459 e. The van der Waals surface area contributed by atoms with Crippen LogP contribution in [0, 0.1) is 0 Å². The molecule has 0 fully saturated rings. The molecule has 1 heterocycles. The fourth-order valence-corrected chi connectivity index (χ4v) is 1.24. The predicted molar refractivity (Wildman–Crippen MR) is 53.9 cm³/mol. The van der Waals surface area contributed by atoms with Crippen molar-refractivity contribution < 1.29 is 9.21 Å². The Morgan fingerprint density at radius 2 is 2.50 bits per heavy atom. The highest BCUT2D eigenvalue weighted by molar-refractivity contribution is 5.91. The lowest BCUT2D eigenvalue weighted by molar-refractivity contribution is 0.0906. The third kappa shape index (κ3) is 2.88. The molecule has 1 amide bonds. The molecular weight excluding hydrogens is 180 g/mol. The van der Waals surface area contributed by atoms with Crippen molar-refractivity contribution in [2.24, 2.45) is 5.73 Å². The van der Waals surface area contributed by atoms with Crippen LogP contribution in [0.5, 0.6) is 0 Å². The third-order valence-electron chi connectivity index (χ3n) is 2.09. The molecule has 1 rings (SSSR count). The van der Waals surface area contributed by atoms with Crippen molar-refractivity contribution in [1.82, 2.24) is 5.32 Å². The third-order valence-corrected chi connectivity index (χ3v) is 2.09. The molecular formula is C10H16N2O2. The molecule has 0 bridgehead atoms. The number of hydrogen-bond donors (Lipinski definition) is 2. The monoisotopic (exact) mass is 196 g/mol. The average Bonchev–Trinajstić information content (AvgIpc) is 2.69. The van der Waals surface area contributed by atoms with Gasteiger partial charge < -0.3 is 15.5 Å². The molecule has 0 aliphatic heterocycles. The fourth-order valence-electron chi connectivity index (χ4n) is 1.24. The van der Waals surface area contributed by atoms with Gasteiger partial charge in [0.2, 0.25) is 0 Å². The first-order valence-corrected chi connectivity index (χ1v) is 4.82. The van der Waals surface area contributed by atoms with Gasteiger partial charge in [-0.05, 0) is 31.5 Å². The number of carbonyl (C=O) groups is 1. The summed E-state index contributed by atoms with van der Waals surface area (Å²) in [7, 11) is 0. The van der Waals surface area contributed by atoms with E-state index in [-0.39, 0.29) is 11.9 Å². The Labute approximate surface area is 83.5 Å². The van der Waals surface area contributed by atoms with Gasteiger partial charge in [0.25, 0.3) is 5.91 Å². The topological polar surface area (TPSA) is 68.3 Å². The highest BCUT2D eigenvalue weighted by atomic mass is 16.3. The van der Waals surface area contributed by atoms with Gasteiger partial charge in [-0.15, -0.1) is 0 Å². The molecule has 0 saturated carbocycles. The van der Waals surface area contributed by atoms with Crippen LogP contribution in [0.15, 0.2) is 22.8 Å². The van der Waals surface area contributed by atoms with Gasteiger partial charge in [0.15, 0.2) is 5.76 Å². The van der Waals surface area contributed by atoms with Crippen molar-refractivity contribution in [1.29, 1.82) is 0 Å². The highest BCUT2D eigenvalue weighted by Gasteiger charge is 2.12. The van der Waals surface area contributed by atoms with Crippen molar-refractivity contribution >= 4 is 5.91 Å². The molecule has 0 radical (unpaired) electrons. The first-order valence-electron chi connectivity index (χ1n) is 4.82. The molecule has 1 unspecified atom stereocenters. The molecule has 78 valence electrons. The predicted octanol–water partition coefficient (Wildman–Crippen LogP) is 1.14. The molecule has 0 saturated heterocycles. The van der Waals surface area contributed by atoms with Crippen LogP contribution in [0.1, 0.15) is 30.3 Å². The quantitative estimate of drug-likeness (QED) is 0.742. The number of amides is 1.